The summed E-state index contributed by atoms with van der Waals surface area (Å²) in [6, 6.07) is 5.99. The van der Waals surface area contributed by atoms with E-state index >= 15 is 0 Å². The molecule has 0 aliphatic carbocycles. The third-order valence-corrected chi connectivity index (χ3v) is 2.69. The molecular weight excluding hydrogens is 296 g/mol. The molecule has 2 rings (SSSR count). The molecule has 2 amide bonds. The Morgan fingerprint density at radius 2 is 1.71 bits per heavy atom. The van der Waals surface area contributed by atoms with E-state index in [1.165, 1.54) is 26.6 Å². The minimum Gasteiger partial charge on any atom is -0.497 e. The lowest BCUT2D eigenvalue weighted by Gasteiger charge is -2.10. The number of carbonyl (C=O) groups is 1. The Bertz CT molecular complexity index is 629. The molecule has 0 spiro atoms. The van der Waals surface area contributed by atoms with Crippen LogP contribution in [0.3, 0.4) is 0 Å². The van der Waals surface area contributed by atoms with Crippen molar-refractivity contribution in [2.75, 3.05) is 24.9 Å². The Hall–Kier alpha value is -2.54. The van der Waals surface area contributed by atoms with Crippen LogP contribution in [0.25, 0.3) is 0 Å². The minimum atomic E-state index is -0.472. The number of methoxy groups -OCH3 is 2. The highest BCUT2D eigenvalue weighted by molar-refractivity contribution is 6.29. The first-order chi connectivity index (χ1) is 10.1. The maximum Gasteiger partial charge on any atom is 0.324 e. The smallest absolute Gasteiger partial charge is 0.324 e. The summed E-state index contributed by atoms with van der Waals surface area (Å²) in [6.07, 6.45) is 1.26. The van der Waals surface area contributed by atoms with Gasteiger partial charge in [-0.15, -0.1) is 0 Å². The van der Waals surface area contributed by atoms with Crippen LogP contribution in [0.1, 0.15) is 0 Å². The number of urea groups is 1. The predicted octanol–water partition coefficient (Wildman–Crippen LogP) is 2.79. The van der Waals surface area contributed by atoms with Crippen LogP contribution in [-0.4, -0.2) is 30.2 Å². The highest BCUT2D eigenvalue weighted by Gasteiger charge is 2.07. The molecule has 0 aliphatic heterocycles. The Balaban J connectivity index is 2.08. The number of amides is 2. The number of anilines is 2. The number of benzene rings is 1. The Morgan fingerprint density at radius 1 is 1.05 bits per heavy atom. The molecule has 0 saturated heterocycles. The second-order valence-corrected chi connectivity index (χ2v) is 4.29. The van der Waals surface area contributed by atoms with Gasteiger partial charge in [0.1, 0.15) is 28.8 Å². The molecule has 1 aromatic carbocycles. The molecule has 21 heavy (non-hydrogen) atoms. The molecule has 0 saturated carbocycles. The van der Waals surface area contributed by atoms with E-state index in [1.807, 2.05) is 0 Å². The SMILES string of the molecule is COc1cc(NC(=O)Nc2cc(Cl)ncn2)cc(OC)c1. The van der Waals surface area contributed by atoms with E-state index in [0.717, 1.165) is 0 Å². The molecule has 0 radical (unpaired) electrons. The zero-order valence-electron chi connectivity index (χ0n) is 11.4. The van der Waals surface area contributed by atoms with Crippen molar-refractivity contribution in [3.63, 3.8) is 0 Å². The lowest BCUT2D eigenvalue weighted by atomic mass is 10.3. The fourth-order valence-corrected chi connectivity index (χ4v) is 1.71. The number of hydrogen-bond donors (Lipinski definition) is 2. The highest BCUT2D eigenvalue weighted by atomic mass is 35.5. The molecule has 0 atom stereocenters. The van der Waals surface area contributed by atoms with Gasteiger partial charge in [-0.3, -0.25) is 5.32 Å². The number of rotatable bonds is 4. The van der Waals surface area contributed by atoms with Gasteiger partial charge in [0.15, 0.2) is 0 Å². The Labute approximate surface area is 126 Å². The van der Waals surface area contributed by atoms with E-state index in [0.29, 0.717) is 23.0 Å². The highest BCUT2D eigenvalue weighted by Crippen LogP contribution is 2.25. The number of aromatic nitrogens is 2. The summed E-state index contributed by atoms with van der Waals surface area (Å²) >= 11 is 5.71. The van der Waals surface area contributed by atoms with Crippen molar-refractivity contribution in [2.45, 2.75) is 0 Å². The summed E-state index contributed by atoms with van der Waals surface area (Å²) in [7, 11) is 3.06. The molecule has 1 aromatic heterocycles. The summed E-state index contributed by atoms with van der Waals surface area (Å²) in [4.78, 5) is 19.5. The number of nitrogens with zero attached hydrogens (tertiary/aromatic N) is 2. The first-order valence-corrected chi connectivity index (χ1v) is 6.27. The number of nitrogens with one attached hydrogen (secondary N) is 2. The van der Waals surface area contributed by atoms with Gasteiger partial charge in [-0.2, -0.15) is 0 Å². The van der Waals surface area contributed by atoms with Gasteiger partial charge in [0.05, 0.1) is 14.2 Å². The molecule has 1 heterocycles. The molecule has 7 nitrogen and oxygen atoms in total. The summed E-state index contributed by atoms with van der Waals surface area (Å²) in [5.41, 5.74) is 0.517. The van der Waals surface area contributed by atoms with E-state index in [4.69, 9.17) is 21.1 Å². The van der Waals surface area contributed by atoms with Gasteiger partial charge in [-0.25, -0.2) is 14.8 Å². The minimum absolute atomic E-state index is 0.239. The molecular formula is C13H13ClN4O3. The molecule has 110 valence electrons. The maximum atomic E-state index is 11.9. The third kappa shape index (κ3) is 4.22. The zero-order chi connectivity index (χ0) is 15.2. The van der Waals surface area contributed by atoms with Gasteiger partial charge in [0.2, 0.25) is 0 Å². The quantitative estimate of drug-likeness (QED) is 0.848. The first kappa shape index (κ1) is 14.9. The average Bonchev–Trinajstić information content (AvgIpc) is 2.46. The van der Waals surface area contributed by atoms with Crippen LogP contribution in [0.4, 0.5) is 16.3 Å². The van der Waals surface area contributed by atoms with Crippen LogP contribution < -0.4 is 20.1 Å². The second-order valence-electron chi connectivity index (χ2n) is 3.91. The van der Waals surface area contributed by atoms with Crippen LogP contribution >= 0.6 is 11.6 Å². The number of hydrogen-bond acceptors (Lipinski definition) is 5. The number of ether oxygens (including phenoxy) is 2. The van der Waals surface area contributed by atoms with Gasteiger partial charge in [-0.05, 0) is 0 Å². The largest absolute Gasteiger partial charge is 0.497 e. The lowest BCUT2D eigenvalue weighted by molar-refractivity contribution is 0.262. The van der Waals surface area contributed by atoms with E-state index in [2.05, 4.69) is 20.6 Å². The van der Waals surface area contributed by atoms with E-state index < -0.39 is 6.03 Å². The number of halogens is 1. The normalized spacial score (nSPS) is 9.86. The molecule has 0 aliphatic rings. The summed E-state index contributed by atoms with van der Waals surface area (Å²) < 4.78 is 10.2. The zero-order valence-corrected chi connectivity index (χ0v) is 12.1. The van der Waals surface area contributed by atoms with Gasteiger partial charge < -0.3 is 14.8 Å². The molecule has 8 heteroatoms. The lowest BCUT2D eigenvalue weighted by Crippen LogP contribution is -2.20. The second kappa shape index (κ2) is 6.76. The predicted molar refractivity (Wildman–Crippen MR) is 79.2 cm³/mol. The van der Waals surface area contributed by atoms with Crippen molar-refractivity contribution in [3.8, 4) is 11.5 Å². The van der Waals surface area contributed by atoms with Crippen molar-refractivity contribution in [1.82, 2.24) is 9.97 Å². The van der Waals surface area contributed by atoms with Crippen LogP contribution in [-0.2, 0) is 0 Å². The number of carbonyl (C=O) groups excluding carboxylic acids is 1. The monoisotopic (exact) mass is 308 g/mol. The Kier molecular flexibility index (Phi) is 4.78. The van der Waals surface area contributed by atoms with Crippen LogP contribution in [0.5, 0.6) is 11.5 Å². The topological polar surface area (TPSA) is 85.4 Å². The summed E-state index contributed by atoms with van der Waals surface area (Å²) in [6.45, 7) is 0. The molecule has 0 fully saturated rings. The van der Waals surface area contributed by atoms with Crippen LogP contribution in [0.15, 0.2) is 30.6 Å². The molecule has 0 bridgehead atoms. The van der Waals surface area contributed by atoms with Crippen molar-refractivity contribution < 1.29 is 14.3 Å². The van der Waals surface area contributed by atoms with Crippen molar-refractivity contribution in [1.29, 1.82) is 0 Å². The third-order valence-electron chi connectivity index (χ3n) is 2.48. The van der Waals surface area contributed by atoms with E-state index in [1.54, 1.807) is 18.2 Å². The van der Waals surface area contributed by atoms with Gasteiger partial charge in [0, 0.05) is 30.0 Å². The van der Waals surface area contributed by atoms with Crippen LogP contribution in [0, 0.1) is 0 Å². The van der Waals surface area contributed by atoms with E-state index in [-0.39, 0.29) is 5.15 Å². The first-order valence-electron chi connectivity index (χ1n) is 5.89. The van der Waals surface area contributed by atoms with Gasteiger partial charge >= 0.3 is 6.03 Å². The maximum absolute atomic E-state index is 11.9. The average molecular weight is 309 g/mol. The van der Waals surface area contributed by atoms with Crippen LogP contribution in [0.2, 0.25) is 5.15 Å². The fraction of sp³-hybridized carbons (Fsp3) is 0.154. The van der Waals surface area contributed by atoms with Crippen molar-refractivity contribution >= 4 is 29.1 Å². The Morgan fingerprint density at radius 3 is 2.29 bits per heavy atom. The standard InChI is InChI=1S/C13H13ClN4O3/c1-20-9-3-8(4-10(5-9)21-2)17-13(19)18-12-6-11(14)15-7-16-12/h3-7H,1-2H3,(H2,15,16,17,18,19). The summed E-state index contributed by atoms with van der Waals surface area (Å²) in [5, 5.41) is 5.42. The molecule has 0 unspecified atom stereocenters. The van der Waals surface area contributed by atoms with Gasteiger partial charge in [0.25, 0.3) is 0 Å². The van der Waals surface area contributed by atoms with Crippen molar-refractivity contribution in [2.24, 2.45) is 0 Å². The fourth-order valence-electron chi connectivity index (χ4n) is 1.56. The molecule has 2 N–H and O–H groups in total. The van der Waals surface area contributed by atoms with Gasteiger partial charge in [-0.1, -0.05) is 11.6 Å². The van der Waals surface area contributed by atoms with E-state index in [9.17, 15) is 4.79 Å². The summed E-state index contributed by atoms with van der Waals surface area (Å²) in [5.74, 6) is 1.42. The molecule has 2 aromatic rings. The van der Waals surface area contributed by atoms with Crippen molar-refractivity contribution in [3.05, 3.63) is 35.7 Å².